The molecule has 0 N–H and O–H groups in total. The normalized spacial score (nSPS) is 25.5. The van der Waals surface area contributed by atoms with Crippen LogP contribution in [-0.2, 0) is 15.7 Å². The molecule has 8 heteroatoms. The molecule has 4 heterocycles. The SMILES string of the molecule is O=C1CCC2(CCN(c3cccc(C(F)(F)F)n3)CC2)CN1C[C@@H]1CCCO1. The van der Waals surface area contributed by atoms with Crippen LogP contribution in [0, 0.1) is 5.41 Å². The molecule has 0 aromatic carbocycles. The summed E-state index contributed by atoms with van der Waals surface area (Å²) in [5.74, 6) is 0.580. The van der Waals surface area contributed by atoms with Crippen molar-refractivity contribution in [3.05, 3.63) is 23.9 Å². The van der Waals surface area contributed by atoms with Gasteiger partial charge in [-0.05, 0) is 49.7 Å². The number of alkyl halides is 3. The average Bonchev–Trinajstić information content (AvgIpc) is 3.18. The fourth-order valence-electron chi connectivity index (χ4n) is 4.68. The molecule has 0 unspecified atom stereocenters. The number of aromatic nitrogens is 1. The van der Waals surface area contributed by atoms with Crippen LogP contribution in [0.15, 0.2) is 18.2 Å². The first-order valence-corrected chi connectivity index (χ1v) is 10.0. The lowest BCUT2D eigenvalue weighted by Gasteiger charge is -2.48. The summed E-state index contributed by atoms with van der Waals surface area (Å²) < 4.78 is 44.5. The average molecular weight is 397 g/mol. The molecule has 28 heavy (non-hydrogen) atoms. The summed E-state index contributed by atoms with van der Waals surface area (Å²) in [5.41, 5.74) is -0.790. The largest absolute Gasteiger partial charge is 0.433 e. The Morgan fingerprint density at radius 3 is 2.68 bits per heavy atom. The van der Waals surface area contributed by atoms with Gasteiger partial charge in [0.05, 0.1) is 6.10 Å². The molecule has 3 saturated heterocycles. The number of rotatable bonds is 3. The van der Waals surface area contributed by atoms with Crippen LogP contribution < -0.4 is 4.90 Å². The van der Waals surface area contributed by atoms with E-state index in [4.69, 9.17) is 4.74 Å². The van der Waals surface area contributed by atoms with Gasteiger partial charge in [-0.25, -0.2) is 4.98 Å². The second-order valence-electron chi connectivity index (χ2n) is 8.28. The van der Waals surface area contributed by atoms with E-state index < -0.39 is 11.9 Å². The number of halogens is 3. The number of piperidine rings is 2. The summed E-state index contributed by atoms with van der Waals surface area (Å²) in [6.07, 6.45) is 0.906. The van der Waals surface area contributed by atoms with Gasteiger partial charge in [-0.15, -0.1) is 0 Å². The number of ether oxygens (including phenoxy) is 1. The number of amides is 1. The molecule has 1 aromatic rings. The van der Waals surface area contributed by atoms with Crippen LogP contribution in [0.25, 0.3) is 0 Å². The summed E-state index contributed by atoms with van der Waals surface area (Å²) in [4.78, 5) is 20.1. The Kier molecular flexibility index (Phi) is 5.24. The minimum atomic E-state index is -4.43. The van der Waals surface area contributed by atoms with E-state index in [2.05, 4.69) is 4.98 Å². The Hall–Kier alpha value is -1.83. The van der Waals surface area contributed by atoms with E-state index in [-0.39, 0.29) is 17.4 Å². The lowest BCUT2D eigenvalue weighted by molar-refractivity contribution is -0.141. The fraction of sp³-hybridized carbons (Fsp3) is 0.700. The molecule has 3 aliphatic heterocycles. The van der Waals surface area contributed by atoms with Gasteiger partial charge in [-0.2, -0.15) is 13.2 Å². The van der Waals surface area contributed by atoms with Crippen molar-refractivity contribution in [3.8, 4) is 0 Å². The molecule has 0 saturated carbocycles. The summed E-state index contributed by atoms with van der Waals surface area (Å²) in [6.45, 7) is 3.50. The number of nitrogens with zero attached hydrogens (tertiary/aromatic N) is 3. The number of hydrogen-bond acceptors (Lipinski definition) is 4. The zero-order valence-corrected chi connectivity index (χ0v) is 15.9. The van der Waals surface area contributed by atoms with Gasteiger partial charge in [0.15, 0.2) is 0 Å². The van der Waals surface area contributed by atoms with Gasteiger partial charge in [-0.1, -0.05) is 6.07 Å². The smallest absolute Gasteiger partial charge is 0.376 e. The summed E-state index contributed by atoms with van der Waals surface area (Å²) in [5, 5.41) is 0. The Labute approximate surface area is 162 Å². The van der Waals surface area contributed by atoms with Gasteiger partial charge in [0.25, 0.3) is 0 Å². The van der Waals surface area contributed by atoms with Crippen LogP contribution in [0.5, 0.6) is 0 Å². The molecule has 1 spiro atoms. The van der Waals surface area contributed by atoms with Gasteiger partial charge in [-0.3, -0.25) is 4.79 Å². The maximum absolute atomic E-state index is 12.9. The molecular formula is C20H26F3N3O2. The van der Waals surface area contributed by atoms with E-state index in [1.165, 1.54) is 6.07 Å². The first-order chi connectivity index (χ1) is 13.3. The van der Waals surface area contributed by atoms with E-state index in [0.29, 0.717) is 31.9 Å². The van der Waals surface area contributed by atoms with Crippen molar-refractivity contribution in [2.24, 2.45) is 5.41 Å². The first kappa shape index (κ1) is 19.5. The van der Waals surface area contributed by atoms with E-state index >= 15 is 0 Å². The Morgan fingerprint density at radius 1 is 1.21 bits per heavy atom. The zero-order valence-electron chi connectivity index (χ0n) is 15.9. The monoisotopic (exact) mass is 397 g/mol. The standard InChI is InChI=1S/C20H26F3N3O2/c21-20(22,23)16-4-1-5-17(24-16)25-10-8-19(9-11-25)7-6-18(27)26(14-19)13-15-3-2-12-28-15/h1,4-5,15H,2-3,6-14H2/t15-/m0/s1. The van der Waals surface area contributed by atoms with Crippen molar-refractivity contribution in [1.29, 1.82) is 0 Å². The van der Waals surface area contributed by atoms with E-state index in [1.807, 2.05) is 9.80 Å². The number of hydrogen-bond donors (Lipinski definition) is 0. The molecule has 3 fully saturated rings. The second kappa shape index (κ2) is 7.54. The van der Waals surface area contributed by atoms with Crippen molar-refractivity contribution >= 4 is 11.7 Å². The number of likely N-dealkylation sites (tertiary alicyclic amines) is 1. The quantitative estimate of drug-likeness (QED) is 0.783. The highest BCUT2D eigenvalue weighted by atomic mass is 19.4. The number of carbonyl (C=O) groups excluding carboxylic acids is 1. The predicted molar refractivity (Wildman–Crippen MR) is 97.9 cm³/mol. The molecule has 5 nitrogen and oxygen atoms in total. The molecule has 1 amide bonds. The Balaban J connectivity index is 1.39. The summed E-state index contributed by atoms with van der Waals surface area (Å²) in [7, 11) is 0. The summed E-state index contributed by atoms with van der Waals surface area (Å²) >= 11 is 0. The molecule has 3 aliphatic rings. The molecule has 154 valence electrons. The van der Waals surface area contributed by atoms with Crippen LogP contribution in [-0.4, -0.2) is 54.7 Å². The van der Waals surface area contributed by atoms with E-state index in [0.717, 1.165) is 51.3 Å². The van der Waals surface area contributed by atoms with Gasteiger partial charge in [0.2, 0.25) is 5.91 Å². The van der Waals surface area contributed by atoms with Crippen LogP contribution in [0.3, 0.4) is 0 Å². The third-order valence-corrected chi connectivity index (χ3v) is 6.37. The lowest BCUT2D eigenvalue weighted by Crippen LogP contribution is -2.53. The zero-order chi connectivity index (χ0) is 19.8. The lowest BCUT2D eigenvalue weighted by atomic mass is 9.72. The summed E-state index contributed by atoms with van der Waals surface area (Å²) in [6, 6.07) is 4.06. The highest BCUT2D eigenvalue weighted by Gasteiger charge is 2.42. The first-order valence-electron chi connectivity index (χ1n) is 10.0. The number of carbonyl (C=O) groups is 1. The van der Waals surface area contributed by atoms with Crippen molar-refractivity contribution in [3.63, 3.8) is 0 Å². The van der Waals surface area contributed by atoms with Gasteiger partial charge in [0.1, 0.15) is 11.5 Å². The minimum absolute atomic E-state index is 0.0602. The number of anilines is 1. The Morgan fingerprint density at radius 2 is 2.00 bits per heavy atom. The highest BCUT2D eigenvalue weighted by molar-refractivity contribution is 5.77. The third-order valence-electron chi connectivity index (χ3n) is 6.37. The van der Waals surface area contributed by atoms with Crippen molar-refractivity contribution in [2.75, 3.05) is 37.7 Å². The predicted octanol–water partition coefficient (Wildman–Crippen LogP) is 3.49. The molecule has 0 radical (unpaired) electrons. The van der Waals surface area contributed by atoms with Crippen molar-refractivity contribution < 1.29 is 22.7 Å². The number of pyridine rings is 1. The molecular weight excluding hydrogens is 371 g/mol. The van der Waals surface area contributed by atoms with E-state index in [1.54, 1.807) is 6.07 Å². The maximum Gasteiger partial charge on any atom is 0.433 e. The molecule has 0 aliphatic carbocycles. The molecule has 4 rings (SSSR count). The third kappa shape index (κ3) is 4.11. The van der Waals surface area contributed by atoms with Gasteiger partial charge in [0, 0.05) is 39.2 Å². The van der Waals surface area contributed by atoms with E-state index in [9.17, 15) is 18.0 Å². The Bertz CT molecular complexity index is 711. The van der Waals surface area contributed by atoms with Gasteiger partial charge >= 0.3 is 6.18 Å². The molecule has 0 bridgehead atoms. The maximum atomic E-state index is 12.9. The molecule has 1 aromatic heterocycles. The van der Waals surface area contributed by atoms with Crippen LogP contribution in [0.2, 0.25) is 0 Å². The molecule has 1 atom stereocenters. The second-order valence-corrected chi connectivity index (χ2v) is 8.28. The van der Waals surface area contributed by atoms with Crippen molar-refractivity contribution in [1.82, 2.24) is 9.88 Å². The highest BCUT2D eigenvalue weighted by Crippen LogP contribution is 2.41. The topological polar surface area (TPSA) is 45.7 Å². The van der Waals surface area contributed by atoms with Crippen LogP contribution >= 0.6 is 0 Å². The van der Waals surface area contributed by atoms with Crippen LogP contribution in [0.4, 0.5) is 19.0 Å². The van der Waals surface area contributed by atoms with Crippen molar-refractivity contribution in [2.45, 2.75) is 50.8 Å². The minimum Gasteiger partial charge on any atom is -0.376 e. The van der Waals surface area contributed by atoms with Crippen LogP contribution in [0.1, 0.15) is 44.2 Å². The van der Waals surface area contributed by atoms with Gasteiger partial charge < -0.3 is 14.5 Å². The fourth-order valence-corrected chi connectivity index (χ4v) is 4.68.